The summed E-state index contributed by atoms with van der Waals surface area (Å²) in [5.74, 6) is 0.0533. The Morgan fingerprint density at radius 3 is 2.77 bits per heavy atom. The van der Waals surface area contributed by atoms with Crippen LogP contribution in [0, 0.1) is 15.9 Å². The minimum absolute atomic E-state index is 0.0850. The predicted octanol–water partition coefficient (Wildman–Crippen LogP) is 2.21. The molecule has 13 heavy (non-hydrogen) atoms. The summed E-state index contributed by atoms with van der Waals surface area (Å²) in [6, 6.07) is 3.50. The van der Waals surface area contributed by atoms with Crippen LogP contribution in [0.4, 0.5) is 10.1 Å². The highest BCUT2D eigenvalue weighted by atomic mass is 32.1. The van der Waals surface area contributed by atoms with Gasteiger partial charge in [-0.1, -0.05) is 0 Å². The summed E-state index contributed by atoms with van der Waals surface area (Å²) in [4.78, 5) is 9.79. The molecule has 0 saturated carbocycles. The van der Waals surface area contributed by atoms with Crippen LogP contribution >= 0.6 is 12.6 Å². The maximum Gasteiger partial charge on any atom is 0.269 e. The van der Waals surface area contributed by atoms with Crippen LogP contribution in [-0.2, 0) is 6.42 Å². The van der Waals surface area contributed by atoms with E-state index in [0.717, 1.165) is 12.1 Å². The number of aryl methyl sites for hydroxylation is 1. The van der Waals surface area contributed by atoms with Crippen molar-refractivity contribution in [2.24, 2.45) is 0 Å². The van der Waals surface area contributed by atoms with E-state index in [2.05, 4.69) is 12.6 Å². The highest BCUT2D eigenvalue weighted by Crippen LogP contribution is 2.17. The standard InChI is InChI=1S/C8H8FNO2S/c9-8-2-1-7(10(11)12)5-6(8)3-4-13/h1-2,5,13H,3-4H2. The Kier molecular flexibility index (Phi) is 3.25. The van der Waals surface area contributed by atoms with Crippen LogP contribution in [0.5, 0.6) is 0 Å². The van der Waals surface area contributed by atoms with Crippen molar-refractivity contribution in [1.82, 2.24) is 0 Å². The van der Waals surface area contributed by atoms with Crippen LogP contribution < -0.4 is 0 Å². The van der Waals surface area contributed by atoms with E-state index in [1.54, 1.807) is 0 Å². The molecule has 0 atom stereocenters. The molecule has 0 spiro atoms. The van der Waals surface area contributed by atoms with E-state index >= 15 is 0 Å². The number of nitro benzene ring substituents is 1. The largest absolute Gasteiger partial charge is 0.269 e. The summed E-state index contributed by atoms with van der Waals surface area (Å²) in [5.41, 5.74) is 0.252. The first-order valence-electron chi connectivity index (χ1n) is 3.69. The molecule has 0 N–H and O–H groups in total. The van der Waals surface area contributed by atoms with Crippen molar-refractivity contribution < 1.29 is 9.31 Å². The maximum atomic E-state index is 13.0. The lowest BCUT2D eigenvalue weighted by Gasteiger charge is -1.99. The van der Waals surface area contributed by atoms with E-state index in [1.165, 1.54) is 6.07 Å². The molecule has 0 saturated heterocycles. The van der Waals surface area contributed by atoms with Gasteiger partial charge in [-0.25, -0.2) is 4.39 Å². The molecule has 0 bridgehead atoms. The number of halogens is 1. The van der Waals surface area contributed by atoms with Gasteiger partial charge in [0.05, 0.1) is 4.92 Å². The summed E-state index contributed by atoms with van der Waals surface area (Å²) >= 11 is 3.93. The zero-order chi connectivity index (χ0) is 9.84. The van der Waals surface area contributed by atoms with Gasteiger partial charge in [0.15, 0.2) is 0 Å². The third-order valence-corrected chi connectivity index (χ3v) is 1.84. The highest BCUT2D eigenvalue weighted by Gasteiger charge is 2.09. The summed E-state index contributed by atoms with van der Waals surface area (Å²) in [6.07, 6.45) is 0.399. The Morgan fingerprint density at radius 2 is 2.23 bits per heavy atom. The average molecular weight is 201 g/mol. The first-order chi connectivity index (χ1) is 6.15. The number of nitrogens with zero attached hydrogens (tertiary/aromatic N) is 1. The third-order valence-electron chi connectivity index (χ3n) is 1.62. The number of nitro groups is 1. The van der Waals surface area contributed by atoms with Crippen LogP contribution in [0.1, 0.15) is 5.56 Å². The van der Waals surface area contributed by atoms with Crippen LogP contribution in [0.15, 0.2) is 18.2 Å². The zero-order valence-electron chi connectivity index (χ0n) is 6.74. The third kappa shape index (κ3) is 2.42. The Morgan fingerprint density at radius 1 is 1.54 bits per heavy atom. The van der Waals surface area contributed by atoms with Gasteiger partial charge in [0.25, 0.3) is 5.69 Å². The first-order valence-corrected chi connectivity index (χ1v) is 4.32. The predicted molar refractivity (Wildman–Crippen MR) is 50.6 cm³/mol. The number of thiol groups is 1. The van der Waals surface area contributed by atoms with E-state index in [-0.39, 0.29) is 5.69 Å². The highest BCUT2D eigenvalue weighted by molar-refractivity contribution is 7.80. The monoisotopic (exact) mass is 201 g/mol. The summed E-state index contributed by atoms with van der Waals surface area (Å²) in [6.45, 7) is 0. The molecular weight excluding hydrogens is 193 g/mol. The van der Waals surface area contributed by atoms with E-state index in [1.807, 2.05) is 0 Å². The van der Waals surface area contributed by atoms with Crippen LogP contribution in [0.2, 0.25) is 0 Å². The Hall–Kier alpha value is -1.10. The average Bonchev–Trinajstić information content (AvgIpc) is 2.08. The van der Waals surface area contributed by atoms with Crippen LogP contribution in [0.25, 0.3) is 0 Å². The van der Waals surface area contributed by atoms with Crippen molar-refractivity contribution in [1.29, 1.82) is 0 Å². The molecule has 0 amide bonds. The molecular formula is C8H8FNO2S. The fourth-order valence-corrected chi connectivity index (χ4v) is 1.23. The second-order valence-electron chi connectivity index (χ2n) is 2.51. The topological polar surface area (TPSA) is 43.1 Å². The smallest absolute Gasteiger partial charge is 0.258 e. The van der Waals surface area contributed by atoms with Gasteiger partial charge in [0, 0.05) is 12.1 Å². The second-order valence-corrected chi connectivity index (χ2v) is 2.95. The first kappa shape index (κ1) is 9.98. The summed E-state index contributed by atoms with van der Waals surface area (Å²) < 4.78 is 13.0. The second kappa shape index (κ2) is 4.23. The SMILES string of the molecule is O=[N+]([O-])c1ccc(F)c(CCS)c1. The lowest BCUT2D eigenvalue weighted by Crippen LogP contribution is -1.95. The lowest BCUT2D eigenvalue weighted by atomic mass is 10.1. The summed E-state index contributed by atoms with van der Waals surface area (Å²) in [7, 11) is 0. The number of hydrogen-bond acceptors (Lipinski definition) is 3. The van der Waals surface area contributed by atoms with Gasteiger partial charge < -0.3 is 0 Å². The molecule has 0 aliphatic carbocycles. The van der Waals surface area contributed by atoms with Gasteiger partial charge in [-0.15, -0.1) is 0 Å². The number of non-ortho nitro benzene ring substituents is 1. The minimum Gasteiger partial charge on any atom is -0.258 e. The molecule has 0 aliphatic rings. The maximum absolute atomic E-state index is 13.0. The molecule has 5 heteroatoms. The molecule has 0 unspecified atom stereocenters. The van der Waals surface area contributed by atoms with Gasteiger partial charge in [0.1, 0.15) is 5.82 Å². The van der Waals surface area contributed by atoms with Crippen molar-refractivity contribution in [3.8, 4) is 0 Å². The number of hydrogen-bond donors (Lipinski definition) is 1. The van der Waals surface area contributed by atoms with Gasteiger partial charge in [-0.3, -0.25) is 10.1 Å². The van der Waals surface area contributed by atoms with E-state index in [4.69, 9.17) is 0 Å². The van der Waals surface area contributed by atoms with Crippen molar-refractivity contribution >= 4 is 18.3 Å². The molecule has 0 fully saturated rings. The number of benzene rings is 1. The minimum atomic E-state index is -0.540. The molecule has 1 aromatic carbocycles. The Balaban J connectivity index is 3.03. The van der Waals surface area contributed by atoms with E-state index in [9.17, 15) is 14.5 Å². The molecule has 0 aromatic heterocycles. The molecule has 3 nitrogen and oxygen atoms in total. The normalized spacial score (nSPS) is 10.0. The summed E-state index contributed by atoms with van der Waals surface area (Å²) in [5, 5.41) is 10.3. The molecule has 0 heterocycles. The number of rotatable bonds is 3. The molecule has 1 rings (SSSR count). The van der Waals surface area contributed by atoms with Crippen LogP contribution in [0.3, 0.4) is 0 Å². The fourth-order valence-electron chi connectivity index (χ4n) is 0.987. The fraction of sp³-hybridized carbons (Fsp3) is 0.250. The van der Waals surface area contributed by atoms with Gasteiger partial charge in [-0.2, -0.15) is 12.6 Å². The van der Waals surface area contributed by atoms with Crippen LogP contribution in [-0.4, -0.2) is 10.7 Å². The van der Waals surface area contributed by atoms with E-state index < -0.39 is 10.7 Å². The van der Waals surface area contributed by atoms with Gasteiger partial charge in [-0.05, 0) is 23.8 Å². The quantitative estimate of drug-likeness (QED) is 0.463. The van der Waals surface area contributed by atoms with Crippen molar-refractivity contribution in [2.75, 3.05) is 5.75 Å². The Bertz CT molecular complexity index is 330. The Labute approximate surface area is 80.1 Å². The van der Waals surface area contributed by atoms with Gasteiger partial charge >= 0.3 is 0 Å². The lowest BCUT2D eigenvalue weighted by molar-refractivity contribution is -0.385. The molecule has 0 aliphatic heterocycles. The molecule has 0 radical (unpaired) electrons. The molecule has 1 aromatic rings. The van der Waals surface area contributed by atoms with Gasteiger partial charge in [0.2, 0.25) is 0 Å². The van der Waals surface area contributed by atoms with E-state index in [0.29, 0.717) is 17.7 Å². The van der Waals surface area contributed by atoms with Crippen molar-refractivity contribution in [2.45, 2.75) is 6.42 Å². The molecule has 70 valence electrons. The zero-order valence-corrected chi connectivity index (χ0v) is 7.63. The van der Waals surface area contributed by atoms with Crippen molar-refractivity contribution in [3.63, 3.8) is 0 Å². The van der Waals surface area contributed by atoms with Crippen molar-refractivity contribution in [3.05, 3.63) is 39.7 Å².